The monoisotopic (exact) mass is 2040 g/mol. The van der Waals surface area contributed by atoms with Crippen molar-refractivity contribution in [2.24, 2.45) is 68.8 Å². The van der Waals surface area contributed by atoms with Crippen molar-refractivity contribution in [1.82, 2.24) is 40.9 Å². The second-order valence-corrected chi connectivity index (χ2v) is 36.7. The molecule has 0 bridgehead atoms. The van der Waals surface area contributed by atoms with Crippen LogP contribution < -0.4 is 90.1 Å². The van der Waals surface area contributed by atoms with Gasteiger partial charge in [0.15, 0.2) is 23.1 Å². The fraction of sp³-hybridized carbons (Fsp3) is 0.402. The Bertz CT molecular complexity index is 5690. The molecule has 0 saturated carbocycles. The largest absolute Gasteiger partial charge is 0.416 e. The number of aryl methyl sites for hydroxylation is 4. The summed E-state index contributed by atoms with van der Waals surface area (Å²) < 4.78 is 39.3. The van der Waals surface area contributed by atoms with Gasteiger partial charge in [-0.15, -0.1) is 0 Å². The number of hydrogen-bond donors (Lipinski definition) is 16. The number of benzene rings is 9. The van der Waals surface area contributed by atoms with Crippen LogP contribution in [0.2, 0.25) is 0 Å². The first-order chi connectivity index (χ1) is 71.0. The molecule has 1 aliphatic rings. The van der Waals surface area contributed by atoms with Crippen LogP contribution >= 0.6 is 0 Å². The number of amides is 8. The van der Waals surface area contributed by atoms with Gasteiger partial charge >= 0.3 is 6.18 Å². The third-order valence-electron chi connectivity index (χ3n) is 25.0. The van der Waals surface area contributed by atoms with E-state index in [1.54, 1.807) is 24.3 Å². The molecule has 9 aromatic carbocycles. The van der Waals surface area contributed by atoms with Gasteiger partial charge in [-0.1, -0.05) is 232 Å². The van der Waals surface area contributed by atoms with Gasteiger partial charge in [-0.3, -0.25) is 57.5 Å². The second kappa shape index (κ2) is 65.0. The maximum Gasteiger partial charge on any atom is 0.416 e. The minimum Gasteiger partial charge on any atom is -0.345 e. The summed E-state index contributed by atoms with van der Waals surface area (Å²) in [6, 6.07) is 66.6. The zero-order valence-electron chi connectivity index (χ0n) is 84.7. The molecule has 0 saturated heterocycles. The second-order valence-electron chi connectivity index (χ2n) is 36.7. The third-order valence-corrected chi connectivity index (χ3v) is 25.0. The molecule has 8 atom stereocenters. The summed E-state index contributed by atoms with van der Waals surface area (Å²) in [6.45, 7) is 8.95. The predicted molar refractivity (Wildman–Crippen MR) is 569 cm³/mol. The first kappa shape index (κ1) is 121. The number of rotatable bonds is 57. The maximum absolute atomic E-state index is 13.6. The van der Waals surface area contributed by atoms with E-state index in [1.165, 1.54) is 59.5 Å². The number of nitrogens with two attached hydrogens (primary N) is 12. The Morgan fingerprint density at radius 1 is 0.318 bits per heavy atom. The molecule has 28 N–H and O–H groups in total. The minimum atomic E-state index is -4.54. The maximum atomic E-state index is 13.6. The van der Waals surface area contributed by atoms with E-state index in [2.05, 4.69) is 59.4 Å². The Labute approximate surface area is 865 Å². The molecule has 794 valence electrons. The van der Waals surface area contributed by atoms with E-state index in [1.807, 2.05) is 170 Å². The highest BCUT2D eigenvalue weighted by atomic mass is 19.4. The van der Waals surface area contributed by atoms with Crippen LogP contribution in [0.25, 0.3) is 11.1 Å². The number of ketones is 4. The highest BCUT2D eigenvalue weighted by Gasteiger charge is 2.35. The Morgan fingerprint density at radius 3 is 0.872 bits per heavy atom. The highest BCUT2D eigenvalue weighted by Crippen LogP contribution is 2.37. The molecule has 0 heterocycles. The quantitative estimate of drug-likeness (QED) is 0.0236. The van der Waals surface area contributed by atoms with Crippen LogP contribution in [0.1, 0.15) is 143 Å². The van der Waals surface area contributed by atoms with Crippen LogP contribution in [-0.4, -0.2) is 243 Å². The number of halogens is 3. The van der Waals surface area contributed by atoms with Crippen LogP contribution in [0, 0.1) is 11.3 Å². The van der Waals surface area contributed by atoms with E-state index in [4.69, 9.17) is 74.1 Å². The number of hydrogen-bond acceptors (Lipinski definition) is 25. The molecule has 1 aliphatic carbocycles. The lowest BCUT2D eigenvalue weighted by molar-refractivity contribution is -0.138. The topological polar surface area (TPSA) is 602 Å². The molecule has 0 unspecified atom stereocenters. The highest BCUT2D eigenvalue weighted by molar-refractivity contribution is 5.97. The molecule has 8 amide bonds. The molecule has 36 heteroatoms. The van der Waals surface area contributed by atoms with Gasteiger partial charge in [0, 0.05) is 130 Å². The van der Waals surface area contributed by atoms with Gasteiger partial charge in [-0.25, -0.2) is 0 Å². The van der Waals surface area contributed by atoms with Crippen LogP contribution in [-0.2, 0) is 121 Å². The number of nitrogens with zero attached hydrogens (tertiary/aromatic N) is 5. The van der Waals surface area contributed by atoms with Gasteiger partial charge < -0.3 is 110 Å². The van der Waals surface area contributed by atoms with Gasteiger partial charge in [0.2, 0.25) is 47.3 Å². The molecular formula is C112H148F3N21O12. The predicted octanol–water partition coefficient (Wildman–Crippen LogP) is 5.10. The Balaban J connectivity index is 0.000000267. The smallest absolute Gasteiger partial charge is 0.345 e. The summed E-state index contributed by atoms with van der Waals surface area (Å²) in [5.41, 5.74) is 81.3. The van der Waals surface area contributed by atoms with Crippen LogP contribution in [0.3, 0.4) is 0 Å². The molecule has 10 rings (SSSR count). The number of Topliss-reactive ketones (excluding diaryl/α,β-unsaturated/α-hetero) is 4. The molecule has 0 fully saturated rings. The normalized spacial score (nSPS) is 12.8. The lowest BCUT2D eigenvalue weighted by Crippen LogP contribution is -2.51. The Hall–Kier alpha value is -13.8. The summed E-state index contributed by atoms with van der Waals surface area (Å²) in [5.74, 6) is -4.01. The van der Waals surface area contributed by atoms with E-state index >= 15 is 0 Å². The van der Waals surface area contributed by atoms with Crippen molar-refractivity contribution in [3.63, 3.8) is 0 Å². The van der Waals surface area contributed by atoms with Gasteiger partial charge in [0.05, 0.1) is 91.2 Å². The van der Waals surface area contributed by atoms with Gasteiger partial charge in [0.1, 0.15) is 0 Å². The van der Waals surface area contributed by atoms with Crippen molar-refractivity contribution in [3.8, 4) is 17.2 Å². The number of nitrogens with one attached hydrogen (secondary N) is 4. The summed E-state index contributed by atoms with van der Waals surface area (Å²) >= 11 is 0. The average molecular weight is 2040 g/mol. The van der Waals surface area contributed by atoms with E-state index < -0.39 is 95.4 Å². The van der Waals surface area contributed by atoms with Crippen molar-refractivity contribution in [1.29, 1.82) is 5.26 Å². The first-order valence-corrected chi connectivity index (χ1v) is 50.2. The van der Waals surface area contributed by atoms with E-state index in [0.717, 1.165) is 57.5 Å². The van der Waals surface area contributed by atoms with Crippen molar-refractivity contribution in [3.05, 3.63) is 309 Å². The standard InChI is InChI=1S/C32H39N5O3.C28H41N5O3.C26H34F3N5O3.C26H34N6O3/c33-14-16-37(17-15-34)31(39)21-28(35)32(40)36-29(13-11-22-6-2-1-3-7-22)30(38)19-23-10-12-27-25(18-23)20-24-8-4-5-9-26(24)27;1-20(2)23-11-8-22(9-12-23)18-26(34)25(13-10-21-6-4-3-5-7-21)32-28(36)24(31)19-27(35)33(16-14-29)17-15-30;27-26(28,29)20-8-4-7-19(15-20)16-23(35)22(10-9-18-5-2-1-3-6-18)33-25(37)21(32)17-24(36)34(13-11-30)14-12-31;27-12-14-32(15-13-28)25(34)17-22(30)26(35)31-23(11-10-19-4-2-1-3-5-19)24(33)16-20-6-8-21(18-29)9-7-20/h1-10,12,18,28-29H,11,13-17,19-21,33-35H2,(H,36,40);3-9,11-12,20,24-25H,10,13-19,29-31H2,1-2H3,(H,32,36);1-8,15,21-22H,9-14,16-17,30-32H2,(H,33,37);1-9,22-23H,10-17,27-28,30H2,(H,31,35)/t28-,29-;24-,25-;21-,22-;22-,23-/m0000/s1. The molecule has 0 aliphatic heterocycles. The molecule has 9 aromatic rings. The molecule has 0 spiro atoms. The lowest BCUT2D eigenvalue weighted by Gasteiger charge is -2.24. The SMILES string of the molecule is CC(C)c1ccc(CC(=O)[C@H](CCc2ccccc2)NC(=O)[C@@H](N)CC(=O)N(CCN)CCN)cc1.N#Cc1ccc(CC(=O)[C@H](CCc2ccccc2)NC(=O)[C@@H](N)CC(=O)N(CCN)CCN)cc1.NCCN(CCN)C(=O)C[C@H](N)C(=O)N[C@@H](CCc1ccccc1)C(=O)Cc1ccc2c(c1)Cc1ccccc1-2.NCCN(CCN)C(=O)C[C@H](N)C(=O)N[C@@H](CCc1ccccc1)C(=O)Cc1cccc(C(F)(F)F)c1. The van der Waals surface area contributed by atoms with Crippen molar-refractivity contribution < 1.29 is 70.7 Å². The fourth-order valence-electron chi connectivity index (χ4n) is 16.7. The number of fused-ring (bicyclic) bond motifs is 3. The van der Waals surface area contributed by atoms with Crippen LogP contribution in [0.5, 0.6) is 0 Å². The number of nitriles is 1. The molecule has 0 aromatic heterocycles. The van der Waals surface area contributed by atoms with Crippen molar-refractivity contribution in [2.75, 3.05) is 105 Å². The number of carbonyl (C=O) groups is 12. The number of carbonyl (C=O) groups excluding carboxylic acids is 12. The first-order valence-electron chi connectivity index (χ1n) is 50.2. The van der Waals surface area contributed by atoms with E-state index in [9.17, 15) is 70.7 Å². The molecular weight excluding hydrogens is 1890 g/mol. The fourth-order valence-corrected chi connectivity index (χ4v) is 16.7. The minimum absolute atomic E-state index is 0.0915. The summed E-state index contributed by atoms with van der Waals surface area (Å²) in [6.07, 6.45) is -0.664. The van der Waals surface area contributed by atoms with Gasteiger partial charge in [-0.2, -0.15) is 18.4 Å². The number of alkyl halides is 3. The zero-order valence-corrected chi connectivity index (χ0v) is 84.7. The van der Waals surface area contributed by atoms with E-state index in [0.29, 0.717) is 109 Å². The van der Waals surface area contributed by atoms with Crippen molar-refractivity contribution in [2.45, 2.75) is 183 Å². The van der Waals surface area contributed by atoms with Gasteiger partial charge in [-0.05, 0) is 154 Å². The third kappa shape index (κ3) is 42.2. The molecule has 33 nitrogen and oxygen atoms in total. The Kier molecular flexibility index (Phi) is 53.2. The summed E-state index contributed by atoms with van der Waals surface area (Å²) in [4.78, 5) is 161. The van der Waals surface area contributed by atoms with Crippen molar-refractivity contribution >= 4 is 70.4 Å². The van der Waals surface area contributed by atoms with Gasteiger partial charge in [0.25, 0.3) is 0 Å². The average Bonchev–Trinajstić information content (AvgIpc) is 1.63. The van der Waals surface area contributed by atoms with Crippen LogP contribution in [0.15, 0.2) is 237 Å². The zero-order chi connectivity index (χ0) is 108. The van der Waals surface area contributed by atoms with E-state index in [-0.39, 0.29) is 151 Å². The lowest BCUT2D eigenvalue weighted by atomic mass is 9.95. The molecule has 148 heavy (non-hydrogen) atoms. The Morgan fingerprint density at radius 2 is 0.581 bits per heavy atom. The van der Waals surface area contributed by atoms with Crippen LogP contribution in [0.4, 0.5) is 13.2 Å². The summed E-state index contributed by atoms with van der Waals surface area (Å²) in [7, 11) is 0. The molecule has 0 radical (unpaired) electrons. The summed E-state index contributed by atoms with van der Waals surface area (Å²) in [5, 5.41) is 20.0.